The molecule has 0 saturated carbocycles. The highest BCUT2D eigenvalue weighted by atomic mass is 19.1. The lowest BCUT2D eigenvalue weighted by atomic mass is 9.90. The minimum atomic E-state index is -0.604. The molecule has 124 valence electrons. The molecule has 0 spiro atoms. The van der Waals surface area contributed by atoms with Gasteiger partial charge in [0.15, 0.2) is 0 Å². The number of amides is 1. The van der Waals surface area contributed by atoms with Crippen LogP contribution in [-0.2, 0) is 19.5 Å². The van der Waals surface area contributed by atoms with Gasteiger partial charge in [-0.25, -0.2) is 14.4 Å². The summed E-state index contributed by atoms with van der Waals surface area (Å²) in [4.78, 5) is 21.2. The van der Waals surface area contributed by atoms with Crippen LogP contribution in [0.1, 0.15) is 27.0 Å². The average Bonchev–Trinajstić information content (AvgIpc) is 2.68. The van der Waals surface area contributed by atoms with Crippen molar-refractivity contribution in [2.45, 2.75) is 19.5 Å². The summed E-state index contributed by atoms with van der Waals surface area (Å²) in [6, 6.07) is 14.6. The van der Waals surface area contributed by atoms with E-state index in [0.717, 1.165) is 29.7 Å². The lowest BCUT2D eigenvalue weighted by molar-refractivity contribution is 0.102. The number of halogens is 1. The number of aryl methyl sites for hydroxylation is 2. The molecule has 0 saturated heterocycles. The van der Waals surface area contributed by atoms with E-state index in [1.165, 1.54) is 11.6 Å². The number of aromatic nitrogens is 2. The van der Waals surface area contributed by atoms with Gasteiger partial charge in [-0.2, -0.15) is 0 Å². The maximum absolute atomic E-state index is 12.8. The van der Waals surface area contributed by atoms with Crippen LogP contribution in [0.15, 0.2) is 54.7 Å². The molecule has 1 aliphatic carbocycles. The van der Waals surface area contributed by atoms with Crippen molar-refractivity contribution in [2.75, 3.05) is 5.32 Å². The van der Waals surface area contributed by atoms with E-state index in [1.54, 1.807) is 24.4 Å². The lowest BCUT2D eigenvalue weighted by Crippen LogP contribution is -2.16. The molecular weight excluding hydrogens is 317 g/mol. The first-order valence-corrected chi connectivity index (χ1v) is 8.15. The Hall–Kier alpha value is -3.08. The summed E-state index contributed by atoms with van der Waals surface area (Å²) in [5.41, 5.74) is 5.13. The molecule has 4 rings (SSSR count). The average molecular weight is 333 g/mol. The topological polar surface area (TPSA) is 54.9 Å². The fourth-order valence-electron chi connectivity index (χ4n) is 3.09. The number of carbonyl (C=O) groups excluding carboxylic acids is 1. The molecule has 4 nitrogen and oxygen atoms in total. The van der Waals surface area contributed by atoms with Crippen LogP contribution in [-0.4, -0.2) is 15.9 Å². The van der Waals surface area contributed by atoms with E-state index >= 15 is 0 Å². The summed E-state index contributed by atoms with van der Waals surface area (Å²) >= 11 is 0. The first kappa shape index (κ1) is 15.4. The number of fused-ring (bicyclic) bond motifs is 3. The molecule has 1 N–H and O–H groups in total. The van der Waals surface area contributed by atoms with E-state index in [9.17, 15) is 9.18 Å². The second kappa shape index (κ2) is 6.43. The van der Waals surface area contributed by atoms with Crippen molar-refractivity contribution in [2.24, 2.45) is 0 Å². The van der Waals surface area contributed by atoms with E-state index in [2.05, 4.69) is 21.4 Å². The van der Waals surface area contributed by atoms with E-state index in [4.69, 9.17) is 0 Å². The van der Waals surface area contributed by atoms with Crippen LogP contribution in [0.25, 0.3) is 11.3 Å². The highest BCUT2D eigenvalue weighted by Gasteiger charge is 2.18. The monoisotopic (exact) mass is 333 g/mol. The summed E-state index contributed by atoms with van der Waals surface area (Å²) in [7, 11) is 0. The molecule has 0 fully saturated rings. The van der Waals surface area contributed by atoms with Crippen LogP contribution in [0.2, 0.25) is 0 Å². The van der Waals surface area contributed by atoms with Gasteiger partial charge in [0.05, 0.1) is 5.69 Å². The summed E-state index contributed by atoms with van der Waals surface area (Å²) in [6.07, 6.45) is 3.62. The number of anilines is 1. The summed E-state index contributed by atoms with van der Waals surface area (Å²) in [5, 5.41) is 2.71. The Labute approximate surface area is 144 Å². The van der Waals surface area contributed by atoms with E-state index in [1.807, 2.05) is 18.2 Å². The zero-order valence-electron chi connectivity index (χ0n) is 13.5. The van der Waals surface area contributed by atoms with E-state index in [0.29, 0.717) is 11.1 Å². The summed E-state index contributed by atoms with van der Waals surface area (Å²) in [5.74, 6) is -0.0922. The van der Waals surface area contributed by atoms with Gasteiger partial charge < -0.3 is 0 Å². The van der Waals surface area contributed by atoms with Gasteiger partial charge in [0.2, 0.25) is 5.95 Å². The Morgan fingerprint density at radius 3 is 2.80 bits per heavy atom. The SMILES string of the molecule is O=C(Nc1ncc2c(n1)-c1ccccc1CC2)c1cccc(CF)c1. The van der Waals surface area contributed by atoms with Gasteiger partial charge in [0.1, 0.15) is 6.67 Å². The van der Waals surface area contributed by atoms with Crippen molar-refractivity contribution in [3.63, 3.8) is 0 Å². The number of benzene rings is 2. The molecule has 1 heterocycles. The Morgan fingerprint density at radius 1 is 1.08 bits per heavy atom. The molecule has 0 radical (unpaired) electrons. The van der Waals surface area contributed by atoms with Gasteiger partial charge in [-0.3, -0.25) is 10.1 Å². The molecule has 1 aliphatic rings. The third-order valence-electron chi connectivity index (χ3n) is 4.37. The quantitative estimate of drug-likeness (QED) is 0.789. The largest absolute Gasteiger partial charge is 0.290 e. The Bertz CT molecular complexity index is 955. The third kappa shape index (κ3) is 3.01. The Kier molecular flexibility index (Phi) is 3.98. The van der Waals surface area contributed by atoms with Crippen LogP contribution >= 0.6 is 0 Å². The van der Waals surface area contributed by atoms with Crippen LogP contribution in [0.3, 0.4) is 0 Å². The van der Waals surface area contributed by atoms with Crippen molar-refractivity contribution in [3.8, 4) is 11.3 Å². The maximum Gasteiger partial charge on any atom is 0.258 e. The van der Waals surface area contributed by atoms with Crippen molar-refractivity contribution in [3.05, 3.63) is 77.0 Å². The maximum atomic E-state index is 12.8. The molecule has 1 amide bonds. The Balaban J connectivity index is 1.63. The zero-order valence-corrected chi connectivity index (χ0v) is 13.5. The molecule has 0 bridgehead atoms. The smallest absolute Gasteiger partial charge is 0.258 e. The van der Waals surface area contributed by atoms with Crippen LogP contribution in [0.4, 0.5) is 10.3 Å². The van der Waals surface area contributed by atoms with Gasteiger partial charge >= 0.3 is 0 Å². The normalized spacial score (nSPS) is 12.2. The predicted molar refractivity (Wildman–Crippen MR) is 94.1 cm³/mol. The van der Waals surface area contributed by atoms with E-state index < -0.39 is 6.67 Å². The van der Waals surface area contributed by atoms with Gasteiger partial charge in [0.25, 0.3) is 5.91 Å². The molecule has 25 heavy (non-hydrogen) atoms. The number of hydrogen-bond donors (Lipinski definition) is 1. The first-order chi connectivity index (χ1) is 12.2. The number of alkyl halides is 1. The first-order valence-electron chi connectivity index (χ1n) is 8.15. The number of nitrogens with one attached hydrogen (secondary N) is 1. The number of nitrogens with zero attached hydrogens (tertiary/aromatic N) is 2. The van der Waals surface area contributed by atoms with Gasteiger partial charge in [-0.1, -0.05) is 36.4 Å². The molecule has 0 aliphatic heterocycles. The molecule has 0 atom stereocenters. The predicted octanol–water partition coefficient (Wildman–Crippen LogP) is 3.96. The Morgan fingerprint density at radius 2 is 1.92 bits per heavy atom. The summed E-state index contributed by atoms with van der Waals surface area (Å²) in [6.45, 7) is -0.604. The second-order valence-corrected chi connectivity index (χ2v) is 6.01. The summed E-state index contributed by atoms with van der Waals surface area (Å²) < 4.78 is 12.8. The standard InChI is InChI=1S/C20H16FN3O/c21-11-13-4-3-6-15(10-13)19(25)24-20-22-12-16-9-8-14-5-1-2-7-17(14)18(16)23-20/h1-7,10,12H,8-9,11H2,(H,22,23,24,25). The van der Waals surface area contributed by atoms with Crippen molar-refractivity contribution >= 4 is 11.9 Å². The number of hydrogen-bond acceptors (Lipinski definition) is 3. The molecule has 0 unspecified atom stereocenters. The van der Waals surface area contributed by atoms with Gasteiger partial charge in [0, 0.05) is 17.3 Å². The molecule has 3 aromatic rings. The van der Waals surface area contributed by atoms with Crippen molar-refractivity contribution in [1.29, 1.82) is 0 Å². The fourth-order valence-corrected chi connectivity index (χ4v) is 3.09. The minimum Gasteiger partial charge on any atom is -0.290 e. The van der Waals surface area contributed by atoms with Crippen LogP contribution in [0, 0.1) is 0 Å². The van der Waals surface area contributed by atoms with Gasteiger partial charge in [-0.05, 0) is 41.7 Å². The highest BCUT2D eigenvalue weighted by Crippen LogP contribution is 2.31. The third-order valence-corrected chi connectivity index (χ3v) is 4.37. The molecule has 2 aromatic carbocycles. The number of rotatable bonds is 3. The lowest BCUT2D eigenvalue weighted by Gasteiger charge is -2.18. The minimum absolute atomic E-state index is 0.256. The van der Waals surface area contributed by atoms with Crippen molar-refractivity contribution < 1.29 is 9.18 Å². The molecule has 1 aromatic heterocycles. The van der Waals surface area contributed by atoms with Crippen LogP contribution < -0.4 is 5.32 Å². The van der Waals surface area contributed by atoms with Crippen molar-refractivity contribution in [1.82, 2.24) is 9.97 Å². The number of carbonyl (C=O) groups is 1. The molecule has 5 heteroatoms. The second-order valence-electron chi connectivity index (χ2n) is 6.01. The van der Waals surface area contributed by atoms with Crippen LogP contribution in [0.5, 0.6) is 0 Å². The molecular formula is C20H16FN3O. The highest BCUT2D eigenvalue weighted by molar-refractivity contribution is 6.03. The van der Waals surface area contributed by atoms with Gasteiger partial charge in [-0.15, -0.1) is 0 Å². The zero-order chi connectivity index (χ0) is 17.2. The fraction of sp³-hybridized carbons (Fsp3) is 0.150. The van der Waals surface area contributed by atoms with E-state index in [-0.39, 0.29) is 11.9 Å².